The van der Waals surface area contributed by atoms with Crippen molar-refractivity contribution in [2.24, 2.45) is 5.73 Å². The van der Waals surface area contributed by atoms with Crippen molar-refractivity contribution in [2.45, 2.75) is 25.1 Å². The van der Waals surface area contributed by atoms with Crippen molar-refractivity contribution in [1.82, 2.24) is 0 Å². The summed E-state index contributed by atoms with van der Waals surface area (Å²) in [6, 6.07) is 3.27. The van der Waals surface area contributed by atoms with Crippen LogP contribution < -0.4 is 5.73 Å². The highest BCUT2D eigenvalue weighted by atomic mass is 79.9. The quantitative estimate of drug-likeness (QED) is 0.932. The Balaban J connectivity index is 2.80. The van der Waals surface area contributed by atoms with E-state index in [1.165, 1.54) is 11.3 Å². The predicted molar refractivity (Wildman–Crippen MR) is 59.4 cm³/mol. The zero-order valence-corrected chi connectivity index (χ0v) is 10.7. The van der Waals surface area contributed by atoms with Crippen LogP contribution in [0.5, 0.6) is 0 Å². The first kappa shape index (κ1) is 13.7. The smallest absolute Gasteiger partial charge is 0.312 e. The van der Waals surface area contributed by atoms with Crippen LogP contribution in [-0.4, -0.2) is 17.5 Å². The third-order valence-corrected chi connectivity index (χ3v) is 3.76. The summed E-state index contributed by atoms with van der Waals surface area (Å²) in [6.45, 7) is 0.692. The SMILES string of the molecule is CC(N)(C(=O)Cc1ccc(Br)s1)C(F)(F)F. The second-order valence-electron chi connectivity index (χ2n) is 3.51. The number of alkyl halides is 3. The lowest BCUT2D eigenvalue weighted by atomic mass is 9.94. The average Bonchev–Trinajstić information content (AvgIpc) is 2.49. The van der Waals surface area contributed by atoms with E-state index in [4.69, 9.17) is 5.73 Å². The molecule has 0 aromatic carbocycles. The third-order valence-electron chi connectivity index (χ3n) is 2.13. The molecule has 1 unspecified atom stereocenters. The highest BCUT2D eigenvalue weighted by molar-refractivity contribution is 9.11. The van der Waals surface area contributed by atoms with E-state index in [0.717, 1.165) is 3.79 Å². The Morgan fingerprint density at radius 1 is 1.50 bits per heavy atom. The summed E-state index contributed by atoms with van der Waals surface area (Å²) in [7, 11) is 0. The maximum atomic E-state index is 12.4. The van der Waals surface area contributed by atoms with E-state index >= 15 is 0 Å². The van der Waals surface area contributed by atoms with Gasteiger partial charge in [0.1, 0.15) is 0 Å². The average molecular weight is 316 g/mol. The number of halogens is 4. The van der Waals surface area contributed by atoms with Gasteiger partial charge < -0.3 is 5.73 Å². The molecule has 0 aliphatic rings. The predicted octanol–water partition coefficient (Wildman–Crippen LogP) is 2.90. The number of ketones is 1. The molecule has 0 radical (unpaired) electrons. The van der Waals surface area contributed by atoms with Crippen LogP contribution in [0.1, 0.15) is 11.8 Å². The summed E-state index contributed by atoms with van der Waals surface area (Å²) >= 11 is 4.38. The molecule has 16 heavy (non-hydrogen) atoms. The lowest BCUT2D eigenvalue weighted by Crippen LogP contribution is -2.57. The van der Waals surface area contributed by atoms with Crippen LogP contribution in [0.4, 0.5) is 13.2 Å². The molecule has 1 atom stereocenters. The summed E-state index contributed by atoms with van der Waals surface area (Å²) < 4.78 is 38.1. The van der Waals surface area contributed by atoms with Gasteiger partial charge in [-0.1, -0.05) is 0 Å². The molecule has 2 nitrogen and oxygen atoms in total. The minimum absolute atomic E-state index is 0.303. The number of hydrogen-bond acceptors (Lipinski definition) is 3. The normalized spacial score (nSPS) is 15.9. The molecular formula is C9H9BrF3NOS. The molecule has 0 saturated carbocycles. The fourth-order valence-electron chi connectivity index (χ4n) is 0.947. The molecule has 1 heterocycles. The van der Waals surface area contributed by atoms with Crippen molar-refractivity contribution >= 4 is 33.0 Å². The Morgan fingerprint density at radius 3 is 2.44 bits per heavy atom. The molecular weight excluding hydrogens is 307 g/mol. The highest BCUT2D eigenvalue weighted by Gasteiger charge is 2.53. The number of nitrogens with two attached hydrogens (primary N) is 1. The Labute approximate surface area is 103 Å². The molecule has 0 aliphatic heterocycles. The van der Waals surface area contributed by atoms with Crippen molar-refractivity contribution < 1.29 is 18.0 Å². The first-order valence-corrected chi connectivity index (χ1v) is 5.88. The molecule has 0 fully saturated rings. The van der Waals surface area contributed by atoms with Gasteiger partial charge in [0.2, 0.25) is 0 Å². The van der Waals surface area contributed by atoms with Crippen LogP contribution in [0.3, 0.4) is 0 Å². The van der Waals surface area contributed by atoms with Gasteiger partial charge in [0.05, 0.1) is 3.79 Å². The molecule has 1 aromatic rings. The topological polar surface area (TPSA) is 43.1 Å². The van der Waals surface area contributed by atoms with E-state index in [2.05, 4.69) is 15.9 Å². The first-order valence-electron chi connectivity index (χ1n) is 4.27. The maximum absolute atomic E-state index is 12.4. The number of carbonyl (C=O) groups is 1. The highest BCUT2D eigenvalue weighted by Crippen LogP contribution is 2.31. The van der Waals surface area contributed by atoms with E-state index in [1.807, 2.05) is 0 Å². The zero-order chi connectivity index (χ0) is 12.6. The van der Waals surface area contributed by atoms with Crippen LogP contribution in [0.15, 0.2) is 15.9 Å². The second-order valence-corrected chi connectivity index (χ2v) is 6.05. The van der Waals surface area contributed by atoms with Gasteiger partial charge in [-0.3, -0.25) is 4.79 Å². The van der Waals surface area contributed by atoms with Gasteiger partial charge in [-0.2, -0.15) is 13.2 Å². The zero-order valence-electron chi connectivity index (χ0n) is 8.27. The monoisotopic (exact) mass is 315 g/mol. The summed E-state index contributed by atoms with van der Waals surface area (Å²) in [5, 5.41) is 0. The number of thiophene rings is 1. The molecule has 0 aliphatic carbocycles. The molecule has 0 amide bonds. The van der Waals surface area contributed by atoms with Gasteiger partial charge in [-0.25, -0.2) is 0 Å². The molecule has 1 rings (SSSR count). The molecule has 1 aromatic heterocycles. The second kappa shape index (κ2) is 4.46. The van der Waals surface area contributed by atoms with E-state index in [0.29, 0.717) is 11.8 Å². The lowest BCUT2D eigenvalue weighted by molar-refractivity contribution is -0.185. The van der Waals surface area contributed by atoms with Crippen LogP contribution in [0.2, 0.25) is 0 Å². The number of hydrogen-bond donors (Lipinski definition) is 1. The molecule has 0 saturated heterocycles. The Kier molecular flexibility index (Phi) is 3.81. The molecule has 7 heteroatoms. The van der Waals surface area contributed by atoms with Crippen molar-refractivity contribution in [1.29, 1.82) is 0 Å². The minimum Gasteiger partial charge on any atom is -0.312 e. The van der Waals surface area contributed by atoms with Crippen molar-refractivity contribution in [2.75, 3.05) is 0 Å². The molecule has 0 bridgehead atoms. The Morgan fingerprint density at radius 2 is 2.06 bits per heavy atom. The van der Waals surface area contributed by atoms with Gasteiger partial charge in [0, 0.05) is 11.3 Å². The van der Waals surface area contributed by atoms with Crippen LogP contribution >= 0.6 is 27.3 Å². The maximum Gasteiger partial charge on any atom is 0.413 e. The summed E-state index contributed by atoms with van der Waals surface area (Å²) in [4.78, 5) is 12.0. The summed E-state index contributed by atoms with van der Waals surface area (Å²) in [6.07, 6.45) is -5.03. The molecule has 0 spiro atoms. The van der Waals surface area contributed by atoms with Gasteiger partial charge in [0.15, 0.2) is 11.3 Å². The van der Waals surface area contributed by atoms with Crippen LogP contribution in [-0.2, 0) is 11.2 Å². The standard InChI is InChI=1S/C9H9BrF3NOS/c1-8(14,9(11,12)13)6(15)4-5-2-3-7(10)16-5/h2-3H,4,14H2,1H3. The number of rotatable bonds is 3. The Bertz CT molecular complexity index is 400. The van der Waals surface area contributed by atoms with Crippen LogP contribution in [0.25, 0.3) is 0 Å². The number of carbonyl (C=O) groups excluding carboxylic acids is 1. The van der Waals surface area contributed by atoms with Gasteiger partial charge in [0.25, 0.3) is 0 Å². The minimum atomic E-state index is -4.72. The van der Waals surface area contributed by atoms with E-state index in [-0.39, 0.29) is 6.42 Å². The fraction of sp³-hybridized carbons (Fsp3) is 0.444. The lowest BCUT2D eigenvalue weighted by Gasteiger charge is -2.25. The van der Waals surface area contributed by atoms with Gasteiger partial charge in [-0.05, 0) is 35.0 Å². The van der Waals surface area contributed by atoms with Crippen molar-refractivity contribution in [3.63, 3.8) is 0 Å². The van der Waals surface area contributed by atoms with Gasteiger partial charge in [-0.15, -0.1) is 11.3 Å². The van der Waals surface area contributed by atoms with E-state index in [9.17, 15) is 18.0 Å². The summed E-state index contributed by atoms with van der Waals surface area (Å²) in [5.41, 5.74) is 2.22. The number of Topliss-reactive ketones (excluding diaryl/α,β-unsaturated/α-hetero) is 1. The van der Waals surface area contributed by atoms with Crippen LogP contribution in [0, 0.1) is 0 Å². The molecule has 90 valence electrons. The Hall–Kier alpha value is -0.400. The van der Waals surface area contributed by atoms with Gasteiger partial charge >= 0.3 is 6.18 Å². The first-order chi connectivity index (χ1) is 7.14. The van der Waals surface area contributed by atoms with Crippen molar-refractivity contribution in [3.8, 4) is 0 Å². The molecule has 2 N–H and O–H groups in total. The largest absolute Gasteiger partial charge is 0.413 e. The third kappa shape index (κ3) is 2.83. The van der Waals surface area contributed by atoms with E-state index in [1.54, 1.807) is 12.1 Å². The summed E-state index contributed by atoms with van der Waals surface area (Å²) in [5.74, 6) is -1.03. The van der Waals surface area contributed by atoms with Crippen molar-refractivity contribution in [3.05, 3.63) is 20.8 Å². The van der Waals surface area contributed by atoms with E-state index < -0.39 is 17.5 Å². The fourth-order valence-corrected chi connectivity index (χ4v) is 2.43.